The molecule has 1 atom stereocenters. The molecular formula is C17H20O5. The van der Waals surface area contributed by atoms with Gasteiger partial charge in [0.15, 0.2) is 0 Å². The smallest absolute Gasteiger partial charge is 0.330 e. The van der Waals surface area contributed by atoms with Gasteiger partial charge >= 0.3 is 11.9 Å². The number of benzene rings is 1. The summed E-state index contributed by atoms with van der Waals surface area (Å²) < 4.78 is 9.30. The van der Waals surface area contributed by atoms with Gasteiger partial charge in [-0.2, -0.15) is 0 Å². The van der Waals surface area contributed by atoms with Crippen molar-refractivity contribution < 1.29 is 23.9 Å². The zero-order chi connectivity index (χ0) is 16.4. The van der Waals surface area contributed by atoms with Gasteiger partial charge in [0, 0.05) is 6.08 Å². The van der Waals surface area contributed by atoms with E-state index >= 15 is 0 Å². The first-order valence-corrected chi connectivity index (χ1v) is 6.95. The molecule has 1 rings (SSSR count). The monoisotopic (exact) mass is 304 g/mol. The molecule has 0 radical (unpaired) electrons. The highest BCUT2D eigenvalue weighted by Crippen LogP contribution is 2.29. The number of ether oxygens (including phenoxy) is 2. The van der Waals surface area contributed by atoms with Gasteiger partial charge in [0.1, 0.15) is 11.7 Å². The molecule has 0 bridgehead atoms. The topological polar surface area (TPSA) is 69.7 Å². The van der Waals surface area contributed by atoms with E-state index in [0.29, 0.717) is 31.1 Å². The molecule has 0 aliphatic carbocycles. The molecule has 0 N–H and O–H groups in total. The van der Waals surface area contributed by atoms with Gasteiger partial charge in [0.25, 0.3) is 0 Å². The van der Waals surface area contributed by atoms with E-state index < -0.39 is 17.4 Å². The molecule has 0 aliphatic rings. The maximum atomic E-state index is 12.1. The molecule has 0 spiro atoms. The van der Waals surface area contributed by atoms with Crippen molar-refractivity contribution in [2.24, 2.45) is 0 Å². The molecule has 0 saturated heterocycles. The van der Waals surface area contributed by atoms with Crippen LogP contribution in [0.25, 0.3) is 0 Å². The van der Waals surface area contributed by atoms with Crippen molar-refractivity contribution in [2.45, 2.75) is 24.7 Å². The van der Waals surface area contributed by atoms with Crippen molar-refractivity contribution in [2.75, 3.05) is 14.2 Å². The van der Waals surface area contributed by atoms with Gasteiger partial charge in [-0.25, -0.2) is 4.79 Å². The van der Waals surface area contributed by atoms with E-state index in [0.717, 1.165) is 0 Å². The van der Waals surface area contributed by atoms with E-state index in [-0.39, 0.29) is 0 Å². The van der Waals surface area contributed by atoms with E-state index in [1.165, 1.54) is 20.3 Å². The second-order valence-corrected chi connectivity index (χ2v) is 4.76. The van der Waals surface area contributed by atoms with E-state index in [2.05, 4.69) is 4.74 Å². The van der Waals surface area contributed by atoms with Crippen LogP contribution < -0.4 is 0 Å². The molecule has 0 aliphatic heterocycles. The molecule has 0 heterocycles. The molecule has 5 nitrogen and oxygen atoms in total. The third-order valence-corrected chi connectivity index (χ3v) is 3.44. The molecule has 0 fully saturated rings. The number of carbonyl (C=O) groups excluding carboxylic acids is 3. The minimum atomic E-state index is -1.31. The molecule has 1 aromatic rings. The summed E-state index contributed by atoms with van der Waals surface area (Å²) in [5.74, 6) is -1.01. The Morgan fingerprint density at radius 1 is 1.14 bits per heavy atom. The highest BCUT2D eigenvalue weighted by atomic mass is 16.5. The Balaban J connectivity index is 2.84. The van der Waals surface area contributed by atoms with Crippen LogP contribution in [0.15, 0.2) is 42.5 Å². The quantitative estimate of drug-likeness (QED) is 0.242. The number of aldehydes is 1. The van der Waals surface area contributed by atoms with Crippen LogP contribution in [0.4, 0.5) is 0 Å². The van der Waals surface area contributed by atoms with Crippen LogP contribution in [0.5, 0.6) is 0 Å². The molecule has 0 aromatic heterocycles. The van der Waals surface area contributed by atoms with Gasteiger partial charge < -0.3 is 14.3 Å². The lowest BCUT2D eigenvalue weighted by Crippen LogP contribution is -2.38. The summed E-state index contributed by atoms with van der Waals surface area (Å²) in [4.78, 5) is 34.8. The Hall–Kier alpha value is -2.43. The van der Waals surface area contributed by atoms with Crippen LogP contribution in [-0.4, -0.2) is 32.4 Å². The molecule has 22 heavy (non-hydrogen) atoms. The normalized spacial score (nSPS) is 13.4. The minimum absolute atomic E-state index is 0.304. The fraction of sp³-hybridized carbons (Fsp3) is 0.353. The summed E-state index contributed by atoms with van der Waals surface area (Å²) in [6, 6.07) is 8.82. The summed E-state index contributed by atoms with van der Waals surface area (Å²) in [7, 11) is 2.57. The second-order valence-electron chi connectivity index (χ2n) is 4.76. The van der Waals surface area contributed by atoms with E-state index in [1.54, 1.807) is 30.3 Å². The SMILES string of the molecule is COC(=O)/C=C/CCCC(C=O)(C(=O)OC)c1ccccc1. The van der Waals surface area contributed by atoms with Gasteiger partial charge in [-0.3, -0.25) is 4.79 Å². The lowest BCUT2D eigenvalue weighted by molar-refractivity contribution is -0.149. The Bertz CT molecular complexity index is 535. The summed E-state index contributed by atoms with van der Waals surface area (Å²) in [5.41, 5.74) is -0.705. The summed E-state index contributed by atoms with van der Waals surface area (Å²) in [5, 5.41) is 0. The molecule has 5 heteroatoms. The Kier molecular flexibility index (Phi) is 7.02. The van der Waals surface area contributed by atoms with Crippen molar-refractivity contribution in [3.8, 4) is 0 Å². The first kappa shape index (κ1) is 17.6. The van der Waals surface area contributed by atoms with E-state index in [1.807, 2.05) is 6.07 Å². The lowest BCUT2D eigenvalue weighted by atomic mass is 9.77. The maximum absolute atomic E-state index is 12.1. The zero-order valence-corrected chi connectivity index (χ0v) is 12.8. The number of hydrogen-bond donors (Lipinski definition) is 0. The Morgan fingerprint density at radius 3 is 2.36 bits per heavy atom. The number of carbonyl (C=O) groups is 3. The second kappa shape index (κ2) is 8.77. The molecule has 1 aromatic carbocycles. The molecule has 1 unspecified atom stereocenters. The van der Waals surface area contributed by atoms with Gasteiger partial charge in [0.2, 0.25) is 0 Å². The minimum Gasteiger partial charge on any atom is -0.468 e. The highest BCUT2D eigenvalue weighted by molar-refractivity contribution is 5.99. The van der Waals surface area contributed by atoms with E-state index in [9.17, 15) is 14.4 Å². The number of unbranched alkanes of at least 4 members (excludes halogenated alkanes) is 1. The van der Waals surface area contributed by atoms with Crippen molar-refractivity contribution in [3.63, 3.8) is 0 Å². The maximum Gasteiger partial charge on any atom is 0.330 e. The first-order valence-electron chi connectivity index (χ1n) is 6.95. The van der Waals surface area contributed by atoms with Gasteiger partial charge in [0.05, 0.1) is 14.2 Å². The van der Waals surface area contributed by atoms with Gasteiger partial charge in [-0.15, -0.1) is 0 Å². The number of allylic oxidation sites excluding steroid dienone is 1. The predicted octanol–water partition coefficient (Wildman–Crippen LogP) is 2.20. The third kappa shape index (κ3) is 4.28. The van der Waals surface area contributed by atoms with Gasteiger partial charge in [-0.05, 0) is 24.8 Å². The number of esters is 2. The van der Waals surface area contributed by atoms with Gasteiger partial charge in [-0.1, -0.05) is 36.4 Å². The molecule has 0 saturated carbocycles. The first-order chi connectivity index (χ1) is 10.6. The Labute approximate surface area is 129 Å². The molecule has 0 amide bonds. The predicted molar refractivity (Wildman–Crippen MR) is 81.2 cm³/mol. The lowest BCUT2D eigenvalue weighted by Gasteiger charge is -2.25. The average molecular weight is 304 g/mol. The summed E-state index contributed by atoms with van der Waals surface area (Å²) in [6.45, 7) is 0. The van der Waals surface area contributed by atoms with Crippen LogP contribution in [-0.2, 0) is 29.3 Å². The van der Waals surface area contributed by atoms with Crippen LogP contribution >= 0.6 is 0 Å². The number of methoxy groups -OCH3 is 2. The molecule has 118 valence electrons. The van der Waals surface area contributed by atoms with E-state index in [4.69, 9.17) is 4.74 Å². The average Bonchev–Trinajstić information content (AvgIpc) is 2.58. The van der Waals surface area contributed by atoms with Crippen molar-refractivity contribution in [3.05, 3.63) is 48.0 Å². The van der Waals surface area contributed by atoms with Crippen LogP contribution in [0.1, 0.15) is 24.8 Å². The highest BCUT2D eigenvalue weighted by Gasteiger charge is 2.40. The number of rotatable bonds is 8. The van der Waals surface area contributed by atoms with Crippen LogP contribution in [0.2, 0.25) is 0 Å². The Morgan fingerprint density at radius 2 is 1.82 bits per heavy atom. The van der Waals surface area contributed by atoms with Crippen molar-refractivity contribution in [1.82, 2.24) is 0 Å². The largest absolute Gasteiger partial charge is 0.468 e. The van der Waals surface area contributed by atoms with Crippen LogP contribution in [0.3, 0.4) is 0 Å². The third-order valence-electron chi connectivity index (χ3n) is 3.44. The summed E-state index contributed by atoms with van der Waals surface area (Å²) in [6.07, 6.45) is 5.02. The standard InChI is InChI=1S/C17H20O5/c1-21-15(19)11-7-4-8-12-17(13-18,16(20)22-2)14-9-5-3-6-10-14/h3,5-7,9-11,13H,4,8,12H2,1-2H3/b11-7+. The molecular weight excluding hydrogens is 284 g/mol. The zero-order valence-electron chi connectivity index (χ0n) is 12.8. The number of hydrogen-bond acceptors (Lipinski definition) is 5. The van der Waals surface area contributed by atoms with Crippen molar-refractivity contribution in [1.29, 1.82) is 0 Å². The fourth-order valence-electron chi connectivity index (χ4n) is 2.20. The fourth-order valence-corrected chi connectivity index (χ4v) is 2.20. The van der Waals surface area contributed by atoms with Crippen molar-refractivity contribution >= 4 is 18.2 Å². The van der Waals surface area contributed by atoms with Crippen LogP contribution in [0, 0.1) is 0 Å². The summed E-state index contributed by atoms with van der Waals surface area (Å²) >= 11 is 0.